The van der Waals surface area contributed by atoms with Crippen LogP contribution in [0.1, 0.15) is 25.8 Å². The standard InChI is InChI=1S/C14H19NO2S/c1-3-14(2,9-16)15-13(17)12-8-10-6-4-5-7-11(10)18-12/h4-7,12,16H,3,8-9H2,1-2H3,(H,15,17). The minimum Gasteiger partial charge on any atom is -0.394 e. The van der Waals surface area contributed by atoms with Gasteiger partial charge in [-0.15, -0.1) is 11.8 Å². The molecule has 0 fully saturated rings. The molecule has 1 aliphatic heterocycles. The lowest BCUT2D eigenvalue weighted by molar-refractivity contribution is -0.122. The highest BCUT2D eigenvalue weighted by molar-refractivity contribution is 8.01. The third-order valence-corrected chi connectivity index (χ3v) is 4.81. The first-order valence-electron chi connectivity index (χ1n) is 6.25. The van der Waals surface area contributed by atoms with Gasteiger partial charge >= 0.3 is 0 Å². The van der Waals surface area contributed by atoms with Crippen LogP contribution in [-0.2, 0) is 11.2 Å². The number of nitrogens with one attached hydrogen (secondary N) is 1. The van der Waals surface area contributed by atoms with E-state index in [1.807, 2.05) is 26.0 Å². The van der Waals surface area contributed by atoms with E-state index in [-0.39, 0.29) is 17.8 Å². The Morgan fingerprint density at radius 1 is 1.56 bits per heavy atom. The summed E-state index contributed by atoms with van der Waals surface area (Å²) in [4.78, 5) is 13.4. The third kappa shape index (κ3) is 2.70. The van der Waals surface area contributed by atoms with Crippen molar-refractivity contribution in [2.75, 3.05) is 6.61 Å². The topological polar surface area (TPSA) is 49.3 Å². The first kappa shape index (κ1) is 13.4. The molecule has 0 aliphatic carbocycles. The summed E-state index contributed by atoms with van der Waals surface area (Å²) in [6.45, 7) is 3.81. The average Bonchev–Trinajstić information content (AvgIpc) is 2.82. The number of thioether (sulfide) groups is 1. The predicted molar refractivity (Wildman–Crippen MR) is 73.7 cm³/mol. The molecule has 0 spiro atoms. The van der Waals surface area contributed by atoms with Gasteiger partial charge in [0, 0.05) is 4.90 Å². The molecule has 98 valence electrons. The van der Waals surface area contributed by atoms with Crippen molar-refractivity contribution < 1.29 is 9.90 Å². The number of hydrogen-bond donors (Lipinski definition) is 2. The van der Waals surface area contributed by atoms with Crippen molar-refractivity contribution in [2.24, 2.45) is 0 Å². The number of aliphatic hydroxyl groups is 1. The Hall–Kier alpha value is -1.00. The van der Waals surface area contributed by atoms with Crippen molar-refractivity contribution in [2.45, 2.75) is 42.4 Å². The van der Waals surface area contributed by atoms with Gasteiger partial charge in [0.05, 0.1) is 17.4 Å². The Balaban J connectivity index is 2.01. The maximum atomic E-state index is 12.2. The Morgan fingerprint density at radius 2 is 2.28 bits per heavy atom. The van der Waals surface area contributed by atoms with Crippen molar-refractivity contribution in [1.29, 1.82) is 0 Å². The van der Waals surface area contributed by atoms with E-state index in [1.165, 1.54) is 10.5 Å². The van der Waals surface area contributed by atoms with Crippen LogP contribution < -0.4 is 5.32 Å². The molecule has 0 bridgehead atoms. The Kier molecular flexibility index (Phi) is 3.97. The largest absolute Gasteiger partial charge is 0.394 e. The molecular weight excluding hydrogens is 246 g/mol. The second-order valence-corrected chi connectivity index (χ2v) is 6.22. The number of amides is 1. The summed E-state index contributed by atoms with van der Waals surface area (Å²) >= 11 is 1.61. The summed E-state index contributed by atoms with van der Waals surface area (Å²) in [7, 11) is 0. The minimum absolute atomic E-state index is 0.0228. The average molecular weight is 265 g/mol. The van der Waals surface area contributed by atoms with Gasteiger partial charge in [-0.05, 0) is 31.4 Å². The van der Waals surface area contributed by atoms with Crippen LogP contribution in [0.2, 0.25) is 0 Å². The fourth-order valence-electron chi connectivity index (χ4n) is 1.95. The molecule has 2 N–H and O–H groups in total. The van der Waals surface area contributed by atoms with Crippen LogP contribution in [0.25, 0.3) is 0 Å². The molecule has 1 aliphatic rings. The highest BCUT2D eigenvalue weighted by atomic mass is 32.2. The normalized spacial score (nSPS) is 21.2. The molecule has 18 heavy (non-hydrogen) atoms. The third-order valence-electron chi connectivity index (χ3n) is 3.49. The van der Waals surface area contributed by atoms with E-state index in [0.29, 0.717) is 0 Å². The second-order valence-electron chi connectivity index (χ2n) is 4.98. The molecular formula is C14H19NO2S. The van der Waals surface area contributed by atoms with E-state index in [4.69, 9.17) is 0 Å². The summed E-state index contributed by atoms with van der Waals surface area (Å²) < 4.78 is 0. The SMILES string of the molecule is CCC(C)(CO)NC(=O)C1Cc2ccccc2S1. The Labute approximate surface area is 112 Å². The van der Waals surface area contributed by atoms with Gasteiger partial charge < -0.3 is 10.4 Å². The van der Waals surface area contributed by atoms with E-state index in [0.717, 1.165) is 12.8 Å². The molecule has 2 unspecified atom stereocenters. The van der Waals surface area contributed by atoms with Crippen LogP contribution in [0.5, 0.6) is 0 Å². The summed E-state index contributed by atoms with van der Waals surface area (Å²) in [5.41, 5.74) is 0.733. The van der Waals surface area contributed by atoms with Gasteiger partial charge in [-0.3, -0.25) is 4.79 Å². The molecule has 1 heterocycles. The summed E-state index contributed by atoms with van der Waals surface area (Å²) in [5.74, 6) is 0.0228. The smallest absolute Gasteiger partial charge is 0.234 e. The number of carbonyl (C=O) groups is 1. The molecule has 1 aromatic carbocycles. The van der Waals surface area contributed by atoms with Crippen LogP contribution >= 0.6 is 11.8 Å². The number of benzene rings is 1. The van der Waals surface area contributed by atoms with Gasteiger partial charge in [0.15, 0.2) is 0 Å². The quantitative estimate of drug-likeness (QED) is 0.875. The number of hydrogen-bond acceptors (Lipinski definition) is 3. The molecule has 0 aromatic heterocycles. The monoisotopic (exact) mass is 265 g/mol. The zero-order valence-corrected chi connectivity index (χ0v) is 11.6. The van der Waals surface area contributed by atoms with Gasteiger partial charge in [-0.1, -0.05) is 25.1 Å². The van der Waals surface area contributed by atoms with Crippen LogP contribution in [0.4, 0.5) is 0 Å². The maximum absolute atomic E-state index is 12.2. The van der Waals surface area contributed by atoms with Gasteiger partial charge in [-0.25, -0.2) is 0 Å². The van der Waals surface area contributed by atoms with E-state index in [9.17, 15) is 9.90 Å². The molecule has 1 aromatic rings. The van der Waals surface area contributed by atoms with Crippen molar-refractivity contribution in [3.05, 3.63) is 29.8 Å². The number of aliphatic hydroxyl groups excluding tert-OH is 1. The van der Waals surface area contributed by atoms with Crippen molar-refractivity contribution >= 4 is 17.7 Å². The molecule has 0 saturated carbocycles. The molecule has 1 amide bonds. The van der Waals surface area contributed by atoms with E-state index in [1.54, 1.807) is 11.8 Å². The van der Waals surface area contributed by atoms with Gasteiger partial charge in [0.25, 0.3) is 0 Å². The van der Waals surface area contributed by atoms with E-state index >= 15 is 0 Å². The number of fused-ring (bicyclic) bond motifs is 1. The van der Waals surface area contributed by atoms with E-state index < -0.39 is 5.54 Å². The predicted octanol–water partition coefficient (Wildman–Crippen LogP) is 1.98. The van der Waals surface area contributed by atoms with Crippen LogP contribution in [0.3, 0.4) is 0 Å². The second kappa shape index (κ2) is 5.33. The van der Waals surface area contributed by atoms with Crippen LogP contribution in [-0.4, -0.2) is 28.4 Å². The number of carbonyl (C=O) groups excluding carboxylic acids is 1. The molecule has 2 atom stereocenters. The molecule has 4 heteroatoms. The molecule has 0 radical (unpaired) electrons. The van der Waals surface area contributed by atoms with Crippen LogP contribution in [0, 0.1) is 0 Å². The Morgan fingerprint density at radius 3 is 2.89 bits per heavy atom. The first-order valence-corrected chi connectivity index (χ1v) is 7.13. The summed E-state index contributed by atoms with van der Waals surface area (Å²) in [6, 6.07) is 8.12. The first-order chi connectivity index (χ1) is 8.58. The van der Waals surface area contributed by atoms with Crippen molar-refractivity contribution in [1.82, 2.24) is 5.32 Å². The zero-order valence-electron chi connectivity index (χ0n) is 10.8. The van der Waals surface area contributed by atoms with Gasteiger partial charge in [0.2, 0.25) is 5.91 Å². The lowest BCUT2D eigenvalue weighted by Crippen LogP contribution is -2.51. The van der Waals surface area contributed by atoms with Gasteiger partial charge in [0.1, 0.15) is 0 Å². The summed E-state index contributed by atoms with van der Waals surface area (Å²) in [6.07, 6.45) is 1.50. The molecule has 2 rings (SSSR count). The van der Waals surface area contributed by atoms with Crippen molar-refractivity contribution in [3.63, 3.8) is 0 Å². The zero-order chi connectivity index (χ0) is 13.2. The van der Waals surface area contributed by atoms with Crippen molar-refractivity contribution in [3.8, 4) is 0 Å². The minimum atomic E-state index is -0.508. The Bertz CT molecular complexity index is 418. The molecule has 3 nitrogen and oxygen atoms in total. The van der Waals surface area contributed by atoms with E-state index in [2.05, 4.69) is 17.4 Å². The maximum Gasteiger partial charge on any atom is 0.234 e. The van der Waals surface area contributed by atoms with Gasteiger partial charge in [-0.2, -0.15) is 0 Å². The number of rotatable bonds is 4. The lowest BCUT2D eigenvalue weighted by Gasteiger charge is -2.28. The fraction of sp³-hybridized carbons (Fsp3) is 0.500. The lowest BCUT2D eigenvalue weighted by atomic mass is 9.99. The fourth-order valence-corrected chi connectivity index (χ4v) is 3.14. The summed E-state index contributed by atoms with van der Waals surface area (Å²) in [5, 5.41) is 12.2. The van der Waals surface area contributed by atoms with Crippen LogP contribution in [0.15, 0.2) is 29.2 Å². The highest BCUT2D eigenvalue weighted by Gasteiger charge is 2.32. The highest BCUT2D eigenvalue weighted by Crippen LogP contribution is 2.37. The molecule has 0 saturated heterocycles.